The van der Waals surface area contributed by atoms with Crippen molar-refractivity contribution in [2.45, 2.75) is 105 Å². The van der Waals surface area contributed by atoms with Crippen molar-refractivity contribution < 1.29 is 19.1 Å². The second-order valence-electron chi connectivity index (χ2n) is 10.4. The second-order valence-corrected chi connectivity index (χ2v) is 10.4. The molecule has 0 atom stereocenters. The summed E-state index contributed by atoms with van der Waals surface area (Å²) in [5.74, 6) is -0.763. The van der Waals surface area contributed by atoms with E-state index >= 15 is 0 Å². The van der Waals surface area contributed by atoms with E-state index in [1.54, 1.807) is 24.3 Å². The fourth-order valence-electron chi connectivity index (χ4n) is 4.34. The Bertz CT molecular complexity index is 667. The van der Waals surface area contributed by atoms with Crippen LogP contribution in [0.1, 0.15) is 125 Å². The first-order chi connectivity index (χ1) is 18.5. The van der Waals surface area contributed by atoms with Gasteiger partial charge in [-0.1, -0.05) is 59.4 Å². The van der Waals surface area contributed by atoms with Crippen molar-refractivity contribution in [3.63, 3.8) is 0 Å². The van der Waals surface area contributed by atoms with Crippen LogP contribution in [0.2, 0.25) is 0 Å². The third-order valence-electron chi connectivity index (χ3n) is 6.85. The van der Waals surface area contributed by atoms with E-state index in [0.29, 0.717) is 24.3 Å². The van der Waals surface area contributed by atoms with Gasteiger partial charge in [-0.15, -0.1) is 0 Å². The Morgan fingerprint density at radius 3 is 1.24 bits per heavy atom. The van der Waals surface area contributed by atoms with Gasteiger partial charge in [0, 0.05) is 0 Å². The maximum atomic E-state index is 12.5. The number of carbonyl (C=O) groups excluding carboxylic acids is 2. The van der Waals surface area contributed by atoms with E-state index in [4.69, 9.17) is 9.47 Å². The summed E-state index contributed by atoms with van der Waals surface area (Å²) >= 11 is 0. The van der Waals surface area contributed by atoms with Crippen molar-refractivity contribution in [1.82, 2.24) is 9.80 Å². The van der Waals surface area contributed by atoms with Crippen LogP contribution in [0.3, 0.4) is 0 Å². The molecule has 0 heterocycles. The van der Waals surface area contributed by atoms with Crippen molar-refractivity contribution >= 4 is 11.9 Å². The Kier molecular flexibility index (Phi) is 20.7. The summed E-state index contributed by atoms with van der Waals surface area (Å²) in [7, 11) is 0. The van der Waals surface area contributed by atoms with E-state index in [9.17, 15) is 9.59 Å². The Labute approximate surface area is 233 Å². The SMILES string of the molecule is CCCCN(CCCC)CCCCOC(=O)c1cccc(C(=O)OCCCCN(CCCC)CCCC)c1. The van der Waals surface area contributed by atoms with Gasteiger partial charge in [-0.05, 0) is 109 Å². The number of unbranched alkanes of at least 4 members (excludes halogenated alkanes) is 6. The van der Waals surface area contributed by atoms with Gasteiger partial charge < -0.3 is 19.3 Å². The number of esters is 2. The molecule has 0 fully saturated rings. The first-order valence-corrected chi connectivity index (χ1v) is 15.4. The molecule has 0 spiro atoms. The minimum atomic E-state index is -0.382. The summed E-state index contributed by atoms with van der Waals surface area (Å²) in [5, 5.41) is 0. The average molecular weight is 533 g/mol. The highest BCUT2D eigenvalue weighted by molar-refractivity contribution is 5.95. The van der Waals surface area contributed by atoms with Crippen molar-refractivity contribution in [2.24, 2.45) is 0 Å². The van der Waals surface area contributed by atoms with Gasteiger partial charge in [-0.3, -0.25) is 0 Å². The van der Waals surface area contributed by atoms with Crippen LogP contribution < -0.4 is 0 Å². The Morgan fingerprint density at radius 1 is 0.553 bits per heavy atom. The molecule has 6 heteroatoms. The van der Waals surface area contributed by atoms with Crippen LogP contribution in [-0.4, -0.2) is 74.2 Å². The van der Waals surface area contributed by atoms with Gasteiger partial charge in [0.05, 0.1) is 24.3 Å². The fraction of sp³-hybridized carbons (Fsp3) is 0.750. The summed E-state index contributed by atoms with van der Waals surface area (Å²) in [4.78, 5) is 30.1. The predicted molar refractivity (Wildman–Crippen MR) is 158 cm³/mol. The topological polar surface area (TPSA) is 59.1 Å². The van der Waals surface area contributed by atoms with Crippen molar-refractivity contribution in [1.29, 1.82) is 0 Å². The molecular weight excluding hydrogens is 476 g/mol. The molecule has 0 amide bonds. The van der Waals surface area contributed by atoms with Crippen molar-refractivity contribution in [3.05, 3.63) is 35.4 Å². The standard InChI is InChI=1S/C32H56N2O4/c1-5-9-20-33(21-10-6-2)24-13-15-26-37-31(35)29-18-17-19-30(28-29)32(36)38-27-16-14-25-34(22-11-7-3)23-12-8-4/h17-19,28H,5-16,20-27H2,1-4H3. The van der Waals surface area contributed by atoms with Crippen molar-refractivity contribution in [3.8, 4) is 0 Å². The molecular formula is C32H56N2O4. The van der Waals surface area contributed by atoms with Crippen LogP contribution in [0.15, 0.2) is 24.3 Å². The summed E-state index contributed by atoms with van der Waals surface area (Å²) in [5.41, 5.74) is 0.795. The Morgan fingerprint density at radius 2 is 0.895 bits per heavy atom. The predicted octanol–water partition coefficient (Wildman–Crippen LogP) is 7.37. The maximum Gasteiger partial charge on any atom is 0.338 e. The van der Waals surface area contributed by atoms with Gasteiger partial charge in [0.2, 0.25) is 0 Å². The van der Waals surface area contributed by atoms with Gasteiger partial charge in [-0.2, -0.15) is 0 Å². The second kappa shape index (κ2) is 23.0. The summed E-state index contributed by atoms with van der Waals surface area (Å²) in [6.07, 6.45) is 13.5. The van der Waals surface area contributed by atoms with E-state index < -0.39 is 0 Å². The molecule has 6 nitrogen and oxygen atoms in total. The van der Waals surface area contributed by atoms with E-state index in [0.717, 1.165) is 65.0 Å². The molecule has 0 N–H and O–H groups in total. The van der Waals surface area contributed by atoms with Gasteiger partial charge in [0.15, 0.2) is 0 Å². The van der Waals surface area contributed by atoms with E-state index in [1.807, 2.05) is 0 Å². The molecule has 1 aromatic rings. The number of ether oxygens (including phenoxy) is 2. The van der Waals surface area contributed by atoms with Crippen LogP contribution in [0, 0.1) is 0 Å². The minimum Gasteiger partial charge on any atom is -0.462 e. The average Bonchev–Trinajstić information content (AvgIpc) is 2.94. The zero-order valence-corrected chi connectivity index (χ0v) is 25.0. The van der Waals surface area contributed by atoms with Crippen molar-refractivity contribution in [2.75, 3.05) is 52.5 Å². The lowest BCUT2D eigenvalue weighted by molar-refractivity contribution is 0.0493. The molecule has 38 heavy (non-hydrogen) atoms. The van der Waals surface area contributed by atoms with Crippen LogP contribution >= 0.6 is 0 Å². The largest absolute Gasteiger partial charge is 0.462 e. The van der Waals surface area contributed by atoms with E-state index in [-0.39, 0.29) is 11.9 Å². The van der Waals surface area contributed by atoms with Gasteiger partial charge in [0.1, 0.15) is 0 Å². The Hall–Kier alpha value is -1.92. The van der Waals surface area contributed by atoms with Crippen LogP contribution in [0.5, 0.6) is 0 Å². The lowest BCUT2D eigenvalue weighted by Gasteiger charge is -2.21. The monoisotopic (exact) mass is 532 g/mol. The molecule has 0 aromatic heterocycles. The number of carbonyl (C=O) groups is 2. The highest BCUT2D eigenvalue weighted by Gasteiger charge is 2.13. The summed E-state index contributed by atoms with van der Waals surface area (Å²) < 4.78 is 11.0. The van der Waals surface area contributed by atoms with Gasteiger partial charge in [-0.25, -0.2) is 9.59 Å². The third kappa shape index (κ3) is 16.1. The molecule has 0 saturated heterocycles. The summed E-state index contributed by atoms with van der Waals surface area (Å²) in [6.45, 7) is 16.4. The molecule has 0 aliphatic heterocycles. The van der Waals surface area contributed by atoms with Crippen LogP contribution in [0.4, 0.5) is 0 Å². The quantitative estimate of drug-likeness (QED) is 0.102. The molecule has 0 aliphatic carbocycles. The molecule has 0 aliphatic rings. The van der Waals surface area contributed by atoms with Gasteiger partial charge >= 0.3 is 11.9 Å². The normalized spacial score (nSPS) is 11.3. The zero-order chi connectivity index (χ0) is 27.8. The van der Waals surface area contributed by atoms with Crippen LogP contribution in [0.25, 0.3) is 0 Å². The zero-order valence-electron chi connectivity index (χ0n) is 25.0. The molecule has 0 unspecified atom stereocenters. The Balaban J connectivity index is 2.35. The van der Waals surface area contributed by atoms with Crippen LogP contribution in [-0.2, 0) is 9.47 Å². The molecule has 0 bridgehead atoms. The number of rotatable bonds is 24. The first-order valence-electron chi connectivity index (χ1n) is 15.4. The minimum absolute atomic E-state index is 0.382. The lowest BCUT2D eigenvalue weighted by atomic mass is 10.1. The summed E-state index contributed by atoms with van der Waals surface area (Å²) in [6, 6.07) is 6.68. The molecule has 0 saturated carbocycles. The van der Waals surface area contributed by atoms with E-state index in [2.05, 4.69) is 37.5 Å². The van der Waals surface area contributed by atoms with Gasteiger partial charge in [0.25, 0.3) is 0 Å². The molecule has 0 radical (unpaired) electrons. The number of benzene rings is 1. The fourth-order valence-corrected chi connectivity index (χ4v) is 4.34. The van der Waals surface area contributed by atoms with E-state index in [1.165, 1.54) is 51.4 Å². The smallest absolute Gasteiger partial charge is 0.338 e. The molecule has 1 rings (SSSR count). The molecule has 218 valence electrons. The molecule has 1 aromatic carbocycles. The maximum absolute atomic E-state index is 12.5. The number of hydrogen-bond acceptors (Lipinski definition) is 6. The number of hydrogen-bond donors (Lipinski definition) is 0. The lowest BCUT2D eigenvalue weighted by Crippen LogP contribution is -2.27. The third-order valence-corrected chi connectivity index (χ3v) is 6.85. The number of nitrogens with zero attached hydrogens (tertiary/aromatic N) is 2. The highest BCUT2D eigenvalue weighted by Crippen LogP contribution is 2.10. The first kappa shape index (κ1) is 34.1. The highest BCUT2D eigenvalue weighted by atomic mass is 16.5.